The summed E-state index contributed by atoms with van der Waals surface area (Å²) in [4.78, 5) is 20.6. The number of hydrogen-bond donors (Lipinski definition) is 1. The molecule has 0 atom stereocenters. The summed E-state index contributed by atoms with van der Waals surface area (Å²) in [5, 5.41) is 2.93. The van der Waals surface area contributed by atoms with Crippen LogP contribution in [0.1, 0.15) is 18.1 Å². The minimum absolute atomic E-state index is 0.0154. The van der Waals surface area contributed by atoms with Gasteiger partial charge in [0.05, 0.1) is 24.1 Å². The molecule has 2 aromatic carbocycles. The number of amides is 1. The van der Waals surface area contributed by atoms with Gasteiger partial charge in [-0.3, -0.25) is 14.8 Å². The van der Waals surface area contributed by atoms with Gasteiger partial charge in [-0.05, 0) is 42.3 Å². The lowest BCUT2D eigenvalue weighted by Crippen LogP contribution is -2.24. The zero-order valence-electron chi connectivity index (χ0n) is 13.5. The van der Waals surface area contributed by atoms with Crippen molar-refractivity contribution in [2.24, 2.45) is 0 Å². The number of carbonyl (C=O) groups excluding carboxylic acids is 1. The molecule has 24 heavy (non-hydrogen) atoms. The van der Waals surface area contributed by atoms with E-state index >= 15 is 0 Å². The molecular weight excluding hydrogens is 302 g/mol. The van der Waals surface area contributed by atoms with Gasteiger partial charge in [0.2, 0.25) is 5.91 Å². The molecule has 122 valence electrons. The molecule has 0 unspecified atom stereocenters. The summed E-state index contributed by atoms with van der Waals surface area (Å²) in [6.45, 7) is 3.05. The van der Waals surface area contributed by atoms with Crippen molar-refractivity contribution in [1.29, 1.82) is 0 Å². The Bertz CT molecular complexity index is 831. The van der Waals surface area contributed by atoms with Crippen LogP contribution in [0.3, 0.4) is 0 Å². The molecule has 0 bridgehead atoms. The number of hydrogen-bond acceptors (Lipinski definition) is 4. The second-order valence-electron chi connectivity index (χ2n) is 5.41. The maximum atomic E-state index is 12.1. The van der Waals surface area contributed by atoms with Crippen LogP contribution >= 0.6 is 0 Å². The van der Waals surface area contributed by atoms with E-state index in [4.69, 9.17) is 4.74 Å². The van der Waals surface area contributed by atoms with Crippen LogP contribution in [0, 0.1) is 0 Å². The van der Waals surface area contributed by atoms with E-state index in [2.05, 4.69) is 15.3 Å². The van der Waals surface area contributed by atoms with Gasteiger partial charge in [-0.2, -0.15) is 0 Å². The second kappa shape index (κ2) is 7.55. The number of carbonyl (C=O) groups is 1. The quantitative estimate of drug-likeness (QED) is 0.758. The molecule has 0 spiro atoms. The molecule has 5 heteroatoms. The summed E-state index contributed by atoms with van der Waals surface area (Å²) < 4.78 is 5.39. The summed E-state index contributed by atoms with van der Waals surface area (Å²) in [5.74, 6) is 0.803. The average molecular weight is 321 g/mol. The molecule has 1 heterocycles. The number of rotatable bonds is 6. The Hall–Kier alpha value is -2.95. The molecule has 3 aromatic rings. The predicted molar refractivity (Wildman–Crippen MR) is 92.7 cm³/mol. The summed E-state index contributed by atoms with van der Waals surface area (Å²) in [7, 11) is 0. The fraction of sp³-hybridized carbons (Fsp3) is 0.211. The van der Waals surface area contributed by atoms with E-state index in [1.54, 1.807) is 12.4 Å². The third kappa shape index (κ3) is 4.07. The average Bonchev–Trinajstić information content (AvgIpc) is 2.62. The van der Waals surface area contributed by atoms with Crippen molar-refractivity contribution in [3.8, 4) is 5.75 Å². The normalized spacial score (nSPS) is 10.5. The maximum Gasteiger partial charge on any atom is 0.224 e. The highest BCUT2D eigenvalue weighted by atomic mass is 16.5. The lowest BCUT2D eigenvalue weighted by molar-refractivity contribution is -0.120. The van der Waals surface area contributed by atoms with Crippen molar-refractivity contribution in [2.75, 3.05) is 6.61 Å². The van der Waals surface area contributed by atoms with Gasteiger partial charge in [-0.15, -0.1) is 0 Å². The Morgan fingerprint density at radius 1 is 1.00 bits per heavy atom. The van der Waals surface area contributed by atoms with E-state index in [9.17, 15) is 4.79 Å². The number of ether oxygens (including phenoxy) is 1. The first-order chi connectivity index (χ1) is 11.7. The van der Waals surface area contributed by atoms with Gasteiger partial charge in [0.1, 0.15) is 5.75 Å². The highest BCUT2D eigenvalue weighted by molar-refractivity contribution is 5.79. The summed E-state index contributed by atoms with van der Waals surface area (Å²) in [6.07, 6.45) is 3.68. The Balaban J connectivity index is 1.56. The van der Waals surface area contributed by atoms with E-state index < -0.39 is 0 Å². The first kappa shape index (κ1) is 15.9. The smallest absolute Gasteiger partial charge is 0.224 e. The van der Waals surface area contributed by atoms with Crippen LogP contribution in [-0.2, 0) is 17.8 Å². The maximum absolute atomic E-state index is 12.1. The Morgan fingerprint density at radius 3 is 2.46 bits per heavy atom. The Morgan fingerprint density at radius 2 is 1.71 bits per heavy atom. The molecule has 0 fully saturated rings. The third-order valence-corrected chi connectivity index (χ3v) is 3.62. The SMILES string of the molecule is CCOc1ccc(CC(=O)NCc2ccc3nccnc3c2)cc1. The van der Waals surface area contributed by atoms with Crippen LogP contribution in [0.4, 0.5) is 0 Å². The van der Waals surface area contributed by atoms with Gasteiger partial charge in [0, 0.05) is 18.9 Å². The molecule has 1 N–H and O–H groups in total. The second-order valence-corrected chi connectivity index (χ2v) is 5.41. The molecule has 1 amide bonds. The molecule has 0 saturated carbocycles. The van der Waals surface area contributed by atoms with Crippen LogP contribution in [0.2, 0.25) is 0 Å². The topological polar surface area (TPSA) is 64.1 Å². The molecule has 0 radical (unpaired) electrons. The van der Waals surface area contributed by atoms with Crippen molar-refractivity contribution in [3.63, 3.8) is 0 Å². The van der Waals surface area contributed by atoms with Crippen molar-refractivity contribution in [3.05, 3.63) is 66.0 Å². The minimum atomic E-state index is -0.0154. The summed E-state index contributed by atoms with van der Waals surface area (Å²) in [6, 6.07) is 13.4. The predicted octanol–water partition coefficient (Wildman–Crippen LogP) is 2.89. The van der Waals surface area contributed by atoms with Gasteiger partial charge in [0.15, 0.2) is 0 Å². The van der Waals surface area contributed by atoms with Crippen molar-refractivity contribution in [2.45, 2.75) is 19.9 Å². The van der Waals surface area contributed by atoms with E-state index in [0.717, 1.165) is 27.9 Å². The molecular formula is C19H19N3O2. The van der Waals surface area contributed by atoms with E-state index in [-0.39, 0.29) is 5.91 Å². The van der Waals surface area contributed by atoms with Crippen molar-refractivity contribution in [1.82, 2.24) is 15.3 Å². The van der Waals surface area contributed by atoms with E-state index in [1.807, 2.05) is 49.4 Å². The zero-order chi connectivity index (χ0) is 16.8. The number of fused-ring (bicyclic) bond motifs is 1. The van der Waals surface area contributed by atoms with E-state index in [1.165, 1.54) is 0 Å². The minimum Gasteiger partial charge on any atom is -0.494 e. The first-order valence-corrected chi connectivity index (χ1v) is 7.92. The van der Waals surface area contributed by atoms with Gasteiger partial charge >= 0.3 is 0 Å². The molecule has 5 nitrogen and oxygen atoms in total. The van der Waals surface area contributed by atoms with Gasteiger partial charge in [-0.1, -0.05) is 18.2 Å². The fourth-order valence-corrected chi connectivity index (χ4v) is 2.44. The summed E-state index contributed by atoms with van der Waals surface area (Å²) in [5.41, 5.74) is 3.64. The molecule has 1 aromatic heterocycles. The number of benzene rings is 2. The van der Waals surface area contributed by atoms with Crippen LogP contribution in [-0.4, -0.2) is 22.5 Å². The van der Waals surface area contributed by atoms with Crippen LogP contribution in [0.5, 0.6) is 5.75 Å². The number of nitrogens with one attached hydrogen (secondary N) is 1. The Labute approximate surface area is 140 Å². The van der Waals surface area contributed by atoms with Gasteiger partial charge < -0.3 is 10.1 Å². The standard InChI is InChI=1S/C19H19N3O2/c1-2-24-16-6-3-14(4-7-16)12-19(23)22-13-15-5-8-17-18(11-15)21-10-9-20-17/h3-11H,2,12-13H2,1H3,(H,22,23). The highest BCUT2D eigenvalue weighted by Gasteiger charge is 2.05. The first-order valence-electron chi connectivity index (χ1n) is 7.92. The largest absolute Gasteiger partial charge is 0.494 e. The lowest BCUT2D eigenvalue weighted by atomic mass is 10.1. The van der Waals surface area contributed by atoms with Crippen LogP contribution in [0.25, 0.3) is 11.0 Å². The summed E-state index contributed by atoms with van der Waals surface area (Å²) >= 11 is 0. The van der Waals surface area contributed by atoms with Gasteiger partial charge in [-0.25, -0.2) is 0 Å². The van der Waals surface area contributed by atoms with Crippen molar-refractivity contribution < 1.29 is 9.53 Å². The molecule has 3 rings (SSSR count). The fourth-order valence-electron chi connectivity index (χ4n) is 2.44. The number of aromatic nitrogens is 2. The lowest BCUT2D eigenvalue weighted by Gasteiger charge is -2.07. The third-order valence-electron chi connectivity index (χ3n) is 3.62. The molecule has 0 saturated heterocycles. The molecule has 0 aliphatic heterocycles. The molecule has 0 aliphatic rings. The zero-order valence-corrected chi connectivity index (χ0v) is 13.5. The highest BCUT2D eigenvalue weighted by Crippen LogP contribution is 2.13. The van der Waals surface area contributed by atoms with E-state index in [0.29, 0.717) is 19.6 Å². The monoisotopic (exact) mass is 321 g/mol. The van der Waals surface area contributed by atoms with Crippen LogP contribution in [0.15, 0.2) is 54.9 Å². The van der Waals surface area contributed by atoms with Gasteiger partial charge in [0.25, 0.3) is 0 Å². The van der Waals surface area contributed by atoms with Crippen LogP contribution < -0.4 is 10.1 Å². The number of nitrogens with zero attached hydrogens (tertiary/aromatic N) is 2. The molecule has 0 aliphatic carbocycles. The Kier molecular flexibility index (Phi) is 5.01. The van der Waals surface area contributed by atoms with Crippen molar-refractivity contribution >= 4 is 16.9 Å².